The molecule has 6 saturated heterocycles. The first-order valence-corrected chi connectivity index (χ1v) is 34.0. The van der Waals surface area contributed by atoms with E-state index in [2.05, 4.69) is 114 Å². The van der Waals surface area contributed by atoms with Crippen LogP contribution in [0, 0.1) is 0 Å². The number of aromatic nitrogens is 8. The lowest BCUT2D eigenvalue weighted by atomic mass is 9.87. The number of fused-ring (bicyclic) bond motifs is 4. The fraction of sp³-hybridized carbons (Fsp3) is 0.485. The molecule has 7 N–H and O–H groups in total. The zero-order chi connectivity index (χ0) is 69.1. The Morgan fingerprint density at radius 3 is 1.39 bits per heavy atom. The maximum Gasteiger partial charge on any atom is 0.325 e. The summed E-state index contributed by atoms with van der Waals surface area (Å²) in [4.78, 5) is 90.2. The third-order valence-corrected chi connectivity index (χ3v) is 20.3. The second-order valence-electron chi connectivity index (χ2n) is 26.6. The average Bonchev–Trinajstić information content (AvgIpc) is 1.62. The van der Waals surface area contributed by atoms with Gasteiger partial charge in [0.25, 0.3) is 5.91 Å². The van der Waals surface area contributed by atoms with Crippen molar-refractivity contribution in [1.29, 1.82) is 0 Å². The number of ether oxygens (including phenoxy) is 1. The fourth-order valence-electron chi connectivity index (χ4n) is 14.0. The Kier molecular flexibility index (Phi) is 21.2. The Bertz CT molecular complexity index is 4070. The van der Waals surface area contributed by atoms with Gasteiger partial charge in [0, 0.05) is 194 Å². The van der Waals surface area contributed by atoms with Crippen LogP contribution in [0.3, 0.4) is 0 Å². The van der Waals surface area contributed by atoms with Crippen molar-refractivity contribution in [1.82, 2.24) is 81.2 Å². The number of benzene rings is 4. The molecule has 6 aliphatic heterocycles. The van der Waals surface area contributed by atoms with Gasteiger partial charge in [-0.15, -0.1) is 0 Å². The number of urea groups is 2. The van der Waals surface area contributed by atoms with E-state index in [1.165, 1.54) is 18.9 Å². The molecule has 518 valence electrons. The van der Waals surface area contributed by atoms with E-state index in [4.69, 9.17) is 51.1 Å². The number of halogens is 4. The number of hydrogen-bond acceptors (Lipinski definition) is 17. The smallest absolute Gasteiger partial charge is 0.325 e. The lowest BCUT2D eigenvalue weighted by Gasteiger charge is -2.47. The number of carbonyl (C=O) groups excluding carboxylic acids is 6. The number of carbonyl (C=O) groups is 6. The molecule has 27 nitrogen and oxygen atoms in total. The number of aromatic amines is 4. The summed E-state index contributed by atoms with van der Waals surface area (Å²) in [7, 11) is 4.97. The van der Waals surface area contributed by atoms with Crippen LogP contribution in [0.15, 0.2) is 73.3 Å². The van der Waals surface area contributed by atoms with Gasteiger partial charge in [0.2, 0.25) is 11.8 Å². The number of imide groups is 1. The predicted molar refractivity (Wildman–Crippen MR) is 379 cm³/mol. The highest BCUT2D eigenvalue weighted by Gasteiger charge is 2.52. The van der Waals surface area contributed by atoms with Gasteiger partial charge in [-0.25, -0.2) is 9.59 Å². The molecule has 0 aliphatic carbocycles. The highest BCUT2D eigenvalue weighted by atomic mass is 35.5. The van der Waals surface area contributed by atoms with E-state index >= 15 is 0 Å². The molecule has 1 spiro atoms. The van der Waals surface area contributed by atoms with Gasteiger partial charge in [-0.05, 0) is 102 Å². The Hall–Kier alpha value is -8.34. The Morgan fingerprint density at radius 2 is 1.00 bits per heavy atom. The number of rotatable bonds is 12. The van der Waals surface area contributed by atoms with Crippen molar-refractivity contribution in [3.8, 4) is 0 Å². The van der Waals surface area contributed by atoms with Crippen LogP contribution < -0.4 is 35.6 Å². The second-order valence-corrected chi connectivity index (χ2v) is 28.4. The number of esters is 1. The third-order valence-electron chi connectivity index (χ3n) is 19.4. The van der Waals surface area contributed by atoms with Crippen LogP contribution in [0.1, 0.15) is 60.3 Å². The van der Waals surface area contributed by atoms with Crippen LogP contribution in [-0.2, 0) is 23.9 Å². The predicted octanol–water partition coefficient (Wildman–Crippen LogP) is 7.95. The minimum atomic E-state index is -0.877. The summed E-state index contributed by atoms with van der Waals surface area (Å²) in [5, 5.41) is 43.4. The van der Waals surface area contributed by atoms with Crippen molar-refractivity contribution in [2.45, 2.75) is 83.0 Å². The van der Waals surface area contributed by atoms with E-state index in [1.807, 2.05) is 79.1 Å². The van der Waals surface area contributed by atoms with Crippen molar-refractivity contribution >= 4 is 149 Å². The lowest BCUT2D eigenvalue weighted by molar-refractivity contribution is -0.143. The molecule has 14 rings (SSSR count). The molecule has 0 saturated carbocycles. The zero-order valence-corrected chi connectivity index (χ0v) is 58.9. The van der Waals surface area contributed by atoms with Crippen molar-refractivity contribution in [2.75, 3.05) is 146 Å². The number of H-pyrrole nitrogens is 4. The molecule has 97 heavy (non-hydrogen) atoms. The number of methoxy groups -OCH3 is 1. The SMILES string of the molecule is CC(=O)NCCN1C(=O)NC2(CCN(c3cc(Cl)cc4[nH]ncc34)CC2)C1=O.CN1CCN(C2CCN(c3cc(Cl)cc4[nH]ncc34)CC2)C1=O.CNC(=O)CN1CCN(c2cc(Cl)cc3[nH]ncc23)CC1(C)C.COC(=O)CN1CCN(c2cc(Cl)cc3[nH]ncc23)CC1(C)C. The molecule has 10 heterocycles. The molecular weight excluding hydrogens is 1330 g/mol. The largest absolute Gasteiger partial charge is 0.468 e. The first-order chi connectivity index (χ1) is 46.3. The summed E-state index contributed by atoms with van der Waals surface area (Å²) < 4.78 is 4.80. The summed E-state index contributed by atoms with van der Waals surface area (Å²) in [6.07, 6.45) is 10.3. The van der Waals surface area contributed by atoms with Crippen LogP contribution in [0.2, 0.25) is 20.1 Å². The van der Waals surface area contributed by atoms with Crippen LogP contribution >= 0.6 is 46.4 Å². The average molecular weight is 1410 g/mol. The monoisotopic (exact) mass is 1410 g/mol. The van der Waals surface area contributed by atoms with Crippen LogP contribution in [0.5, 0.6) is 0 Å². The highest BCUT2D eigenvalue weighted by molar-refractivity contribution is 6.33. The summed E-state index contributed by atoms with van der Waals surface area (Å²) in [5.41, 5.74) is 6.82. The first kappa shape index (κ1) is 70.0. The van der Waals surface area contributed by atoms with Gasteiger partial charge >= 0.3 is 18.0 Å². The maximum absolute atomic E-state index is 12.9. The number of hydrogen-bond donors (Lipinski definition) is 7. The number of amides is 7. The molecule has 0 bridgehead atoms. The van der Waals surface area contributed by atoms with Crippen LogP contribution in [0.25, 0.3) is 43.6 Å². The summed E-state index contributed by atoms with van der Waals surface area (Å²) >= 11 is 25.0. The van der Waals surface area contributed by atoms with Gasteiger partial charge in [0.1, 0.15) is 5.54 Å². The topological polar surface area (TPSA) is 292 Å². The molecule has 0 unspecified atom stereocenters. The molecule has 31 heteroatoms. The second kappa shape index (κ2) is 29.4. The fourth-order valence-corrected chi connectivity index (χ4v) is 14.9. The molecule has 8 aromatic rings. The van der Waals surface area contributed by atoms with Gasteiger partial charge < -0.3 is 50.1 Å². The minimum Gasteiger partial charge on any atom is -0.468 e. The number of piperidine rings is 2. The Labute approximate surface area is 582 Å². The normalized spacial score (nSPS) is 18.9. The maximum atomic E-state index is 12.9. The quantitative estimate of drug-likeness (QED) is 0.0451. The third kappa shape index (κ3) is 15.5. The van der Waals surface area contributed by atoms with E-state index in [-0.39, 0.29) is 53.9 Å². The molecule has 0 radical (unpaired) electrons. The number of anilines is 4. The summed E-state index contributed by atoms with van der Waals surface area (Å²) in [5.74, 6) is -0.567. The van der Waals surface area contributed by atoms with Gasteiger partial charge in [-0.2, -0.15) is 20.4 Å². The number of piperazine rings is 2. The zero-order valence-electron chi connectivity index (χ0n) is 55.8. The van der Waals surface area contributed by atoms with E-state index in [9.17, 15) is 28.8 Å². The van der Waals surface area contributed by atoms with Gasteiger partial charge in [-0.1, -0.05) is 46.4 Å². The Morgan fingerprint density at radius 1 is 0.577 bits per heavy atom. The standard InChI is InChI=1S/C18H21ClN6O3.C16H20ClN5O.C16H22ClN5O.C16H21ClN4O2/c1-11(26)20-4-7-25-16(27)18(22-17(25)28)2-5-24(6-3-18)15-9-12(19)8-14-13(15)10-21-23-14;1-20-6-7-22(16(20)23)12-2-4-21(5-3-12)15-9-11(17)8-14-13(15)10-18-19-14;1-16(2)10-21(4-5-22(16)9-15(23)18-3)14-7-11(17)6-13-12(14)8-19-20-13;1-16(2)10-20(4-5-21(16)9-15(22)23-3)14-7-11(17)6-13-12(14)8-18-19-13/h8-10H,2-7H2,1H3,(H,20,26)(H,21,23)(H,22,28);8-10,12H,2-7H2,1H3,(H,18,19);6-8H,4-5,9-10H2,1-3H3,(H,18,23)(H,19,20);6-8H,4-5,9-10H2,1-3H3,(H,18,19). The first-order valence-electron chi connectivity index (χ1n) is 32.5. The molecular formula is C66H84Cl4N20O7. The van der Waals surface area contributed by atoms with Crippen LogP contribution in [0.4, 0.5) is 32.3 Å². The Balaban J connectivity index is 0.000000132. The van der Waals surface area contributed by atoms with Crippen molar-refractivity contribution in [3.05, 3.63) is 93.4 Å². The van der Waals surface area contributed by atoms with E-state index < -0.39 is 11.6 Å². The van der Waals surface area contributed by atoms with Gasteiger partial charge in [0.05, 0.1) is 67.1 Å². The number of nitrogens with zero attached hydrogens (tertiary/aromatic N) is 13. The van der Waals surface area contributed by atoms with E-state index in [1.54, 1.807) is 18.1 Å². The highest BCUT2D eigenvalue weighted by Crippen LogP contribution is 2.39. The molecule has 6 fully saturated rings. The molecule has 4 aromatic carbocycles. The number of likely N-dealkylation sites (N-methyl/N-ethyl adjacent to an activating group) is 2. The van der Waals surface area contributed by atoms with Crippen LogP contribution in [-0.4, -0.2) is 250 Å². The van der Waals surface area contributed by atoms with Crippen molar-refractivity contribution in [3.63, 3.8) is 0 Å². The lowest BCUT2D eigenvalue weighted by Crippen LogP contribution is -2.61. The molecule has 6 aliphatic rings. The van der Waals surface area contributed by atoms with Crippen molar-refractivity contribution in [2.24, 2.45) is 0 Å². The van der Waals surface area contributed by atoms with Gasteiger partial charge in [0.15, 0.2) is 0 Å². The summed E-state index contributed by atoms with van der Waals surface area (Å²) in [6, 6.07) is 15.5. The molecule has 7 amide bonds. The van der Waals surface area contributed by atoms with Crippen molar-refractivity contribution < 1.29 is 33.5 Å². The van der Waals surface area contributed by atoms with E-state index in [0.29, 0.717) is 60.1 Å². The van der Waals surface area contributed by atoms with Gasteiger partial charge in [-0.3, -0.25) is 54.3 Å². The number of nitrogens with one attached hydrogen (secondary N) is 7. The van der Waals surface area contributed by atoms with E-state index in [0.717, 1.165) is 150 Å². The molecule has 0 atom stereocenters. The summed E-state index contributed by atoms with van der Waals surface area (Å²) in [6.45, 7) is 20.8. The molecule has 4 aromatic heterocycles. The minimum absolute atomic E-state index is 0.0477.